The third-order valence-corrected chi connectivity index (χ3v) is 2.84. The molecule has 0 aromatic carbocycles. The second kappa shape index (κ2) is 4.04. The number of nitrogens with zero attached hydrogens (tertiary/aromatic N) is 4. The molecule has 0 bridgehead atoms. The number of carbonyl (C=O) groups is 1. The van der Waals surface area contributed by atoms with Gasteiger partial charge in [-0.3, -0.25) is 9.48 Å². The quantitative estimate of drug-likeness (QED) is 0.268. The number of carbonyl (C=O) groups excluding carboxylic acids is 1. The fraction of sp³-hybridized carbons (Fsp3) is 0.556. The van der Waals surface area contributed by atoms with Crippen molar-refractivity contribution in [2.45, 2.75) is 19.4 Å². The van der Waals surface area contributed by atoms with Crippen molar-refractivity contribution in [1.29, 1.82) is 0 Å². The van der Waals surface area contributed by atoms with E-state index in [-0.39, 0.29) is 18.3 Å². The first-order chi connectivity index (χ1) is 8.08. The summed E-state index contributed by atoms with van der Waals surface area (Å²) in [7, 11) is 1.75. The highest BCUT2D eigenvalue weighted by molar-refractivity contribution is 6.09. The average Bonchev–Trinajstić information content (AvgIpc) is 3.04. The Morgan fingerprint density at radius 2 is 2.47 bits per heavy atom. The minimum Gasteiger partial charge on any atom is -0.409 e. The van der Waals surface area contributed by atoms with E-state index in [2.05, 4.69) is 20.6 Å². The SMILES string of the molecule is Cn1cnc(CNC(=O)C2(C(N)=NO)CC2)n1. The minimum atomic E-state index is -0.830. The van der Waals surface area contributed by atoms with Crippen molar-refractivity contribution in [1.82, 2.24) is 20.1 Å². The predicted molar refractivity (Wildman–Crippen MR) is 57.9 cm³/mol. The molecule has 8 nitrogen and oxygen atoms in total. The van der Waals surface area contributed by atoms with Crippen molar-refractivity contribution >= 4 is 11.7 Å². The molecule has 0 unspecified atom stereocenters. The molecule has 1 amide bonds. The molecule has 1 fully saturated rings. The van der Waals surface area contributed by atoms with Gasteiger partial charge < -0.3 is 16.3 Å². The molecule has 1 heterocycles. The van der Waals surface area contributed by atoms with Crippen LogP contribution in [0.25, 0.3) is 0 Å². The van der Waals surface area contributed by atoms with Gasteiger partial charge in [0.15, 0.2) is 11.7 Å². The zero-order valence-corrected chi connectivity index (χ0v) is 9.42. The molecule has 0 aliphatic heterocycles. The van der Waals surface area contributed by atoms with Crippen LogP contribution in [0.5, 0.6) is 0 Å². The molecule has 1 aromatic heterocycles. The van der Waals surface area contributed by atoms with E-state index in [0.29, 0.717) is 18.7 Å². The number of hydrogen-bond acceptors (Lipinski definition) is 5. The summed E-state index contributed by atoms with van der Waals surface area (Å²) in [6.45, 7) is 0.236. The van der Waals surface area contributed by atoms with Crippen LogP contribution in [-0.4, -0.2) is 31.7 Å². The summed E-state index contributed by atoms with van der Waals surface area (Å²) < 4.78 is 1.55. The number of nitrogens with two attached hydrogens (primary N) is 1. The van der Waals surface area contributed by atoms with Crippen LogP contribution < -0.4 is 11.1 Å². The Morgan fingerprint density at radius 3 is 2.94 bits per heavy atom. The van der Waals surface area contributed by atoms with Gasteiger partial charge in [-0.25, -0.2) is 4.98 Å². The number of nitrogens with one attached hydrogen (secondary N) is 1. The molecule has 4 N–H and O–H groups in total. The van der Waals surface area contributed by atoms with Gasteiger partial charge in [-0.1, -0.05) is 5.16 Å². The minimum absolute atomic E-state index is 0.0380. The molecule has 1 aromatic rings. The van der Waals surface area contributed by atoms with Crippen LogP contribution in [-0.2, 0) is 18.4 Å². The number of oxime groups is 1. The van der Waals surface area contributed by atoms with Crippen LogP contribution >= 0.6 is 0 Å². The molecule has 8 heteroatoms. The van der Waals surface area contributed by atoms with Crippen molar-refractivity contribution in [3.05, 3.63) is 12.2 Å². The lowest BCUT2D eigenvalue weighted by Crippen LogP contribution is -2.40. The van der Waals surface area contributed by atoms with Crippen molar-refractivity contribution < 1.29 is 10.0 Å². The van der Waals surface area contributed by atoms with Crippen molar-refractivity contribution in [2.24, 2.45) is 23.4 Å². The monoisotopic (exact) mass is 238 g/mol. The van der Waals surface area contributed by atoms with E-state index in [0.717, 1.165) is 0 Å². The first-order valence-electron chi connectivity index (χ1n) is 5.19. The maximum atomic E-state index is 11.9. The van der Waals surface area contributed by atoms with Gasteiger partial charge in [0.05, 0.1) is 6.54 Å². The Hall–Kier alpha value is -2.12. The molecule has 0 radical (unpaired) electrons. The summed E-state index contributed by atoms with van der Waals surface area (Å²) in [5, 5.41) is 18.2. The van der Waals surface area contributed by atoms with Crippen molar-refractivity contribution in [2.75, 3.05) is 0 Å². The fourth-order valence-electron chi connectivity index (χ4n) is 1.61. The predicted octanol–water partition coefficient (Wildman–Crippen LogP) is -1.04. The number of aromatic nitrogens is 3. The molecule has 1 aliphatic carbocycles. The molecular formula is C9H14N6O2. The molecule has 0 saturated heterocycles. The van der Waals surface area contributed by atoms with Crippen LogP contribution in [0.1, 0.15) is 18.7 Å². The zero-order valence-electron chi connectivity index (χ0n) is 9.42. The number of hydrogen-bond donors (Lipinski definition) is 3. The lowest BCUT2D eigenvalue weighted by molar-refractivity contribution is -0.124. The molecule has 2 rings (SSSR count). The van der Waals surface area contributed by atoms with Gasteiger partial charge in [0.1, 0.15) is 11.7 Å². The number of amidine groups is 1. The summed E-state index contributed by atoms with van der Waals surface area (Å²) >= 11 is 0. The summed E-state index contributed by atoms with van der Waals surface area (Å²) in [5.41, 5.74) is 4.66. The molecule has 0 atom stereocenters. The van der Waals surface area contributed by atoms with E-state index in [9.17, 15) is 4.79 Å². The number of aryl methyl sites for hydroxylation is 1. The first kappa shape index (κ1) is 11.4. The summed E-state index contributed by atoms with van der Waals surface area (Å²) in [5.74, 6) is 0.236. The Balaban J connectivity index is 1.94. The van der Waals surface area contributed by atoms with Crippen LogP contribution in [0.15, 0.2) is 11.5 Å². The Morgan fingerprint density at radius 1 is 1.76 bits per heavy atom. The highest BCUT2D eigenvalue weighted by Crippen LogP contribution is 2.46. The molecule has 1 aliphatic rings. The average molecular weight is 238 g/mol. The van der Waals surface area contributed by atoms with Crippen molar-refractivity contribution in [3.63, 3.8) is 0 Å². The Bertz CT molecular complexity index is 462. The van der Waals surface area contributed by atoms with E-state index < -0.39 is 5.41 Å². The van der Waals surface area contributed by atoms with Gasteiger partial charge in [0.25, 0.3) is 0 Å². The largest absolute Gasteiger partial charge is 0.409 e. The maximum Gasteiger partial charge on any atom is 0.234 e. The zero-order chi connectivity index (χ0) is 12.5. The molecule has 0 spiro atoms. The van der Waals surface area contributed by atoms with E-state index in [1.54, 1.807) is 18.1 Å². The third kappa shape index (κ3) is 2.05. The normalized spacial score (nSPS) is 17.8. The van der Waals surface area contributed by atoms with Gasteiger partial charge in [-0.15, -0.1) is 0 Å². The van der Waals surface area contributed by atoms with Crippen LogP contribution in [0.2, 0.25) is 0 Å². The smallest absolute Gasteiger partial charge is 0.234 e. The van der Waals surface area contributed by atoms with Gasteiger partial charge in [0, 0.05) is 7.05 Å². The fourth-order valence-corrected chi connectivity index (χ4v) is 1.61. The highest BCUT2D eigenvalue weighted by Gasteiger charge is 2.54. The first-order valence-corrected chi connectivity index (χ1v) is 5.19. The van der Waals surface area contributed by atoms with Gasteiger partial charge in [0.2, 0.25) is 5.91 Å². The highest BCUT2D eigenvalue weighted by atomic mass is 16.4. The second-order valence-electron chi connectivity index (χ2n) is 4.08. The van der Waals surface area contributed by atoms with E-state index in [1.807, 2.05) is 0 Å². The Kier molecular flexibility index (Phi) is 2.70. The molecular weight excluding hydrogens is 224 g/mol. The molecule has 92 valence electrons. The lowest BCUT2D eigenvalue weighted by atomic mass is 10.1. The summed E-state index contributed by atoms with van der Waals surface area (Å²) in [6.07, 6.45) is 2.76. The third-order valence-electron chi connectivity index (χ3n) is 2.84. The molecule has 17 heavy (non-hydrogen) atoms. The van der Waals surface area contributed by atoms with Gasteiger partial charge >= 0.3 is 0 Å². The topological polar surface area (TPSA) is 118 Å². The van der Waals surface area contributed by atoms with Gasteiger partial charge in [-0.2, -0.15) is 5.10 Å². The number of rotatable bonds is 4. The Labute approximate surface area is 97.5 Å². The summed E-state index contributed by atoms with van der Waals surface area (Å²) in [4.78, 5) is 15.8. The number of amides is 1. The second-order valence-corrected chi connectivity index (χ2v) is 4.08. The van der Waals surface area contributed by atoms with E-state index in [4.69, 9.17) is 10.9 Å². The van der Waals surface area contributed by atoms with Crippen LogP contribution in [0.3, 0.4) is 0 Å². The molecule has 1 saturated carbocycles. The van der Waals surface area contributed by atoms with E-state index in [1.165, 1.54) is 0 Å². The van der Waals surface area contributed by atoms with Gasteiger partial charge in [-0.05, 0) is 12.8 Å². The maximum absolute atomic E-state index is 11.9. The van der Waals surface area contributed by atoms with Crippen molar-refractivity contribution in [3.8, 4) is 0 Å². The van der Waals surface area contributed by atoms with Crippen LogP contribution in [0.4, 0.5) is 0 Å². The lowest BCUT2D eigenvalue weighted by Gasteiger charge is -2.12. The standard InChI is InChI=1S/C9H14N6O2/c1-15-5-12-6(13-15)4-11-8(16)9(2-3-9)7(10)14-17/h5,17H,2-4H2,1H3,(H2,10,14)(H,11,16). The van der Waals surface area contributed by atoms with E-state index >= 15 is 0 Å². The summed E-state index contributed by atoms with van der Waals surface area (Å²) in [6, 6.07) is 0. The van der Waals surface area contributed by atoms with Crippen LogP contribution in [0, 0.1) is 5.41 Å².